The van der Waals surface area contributed by atoms with Crippen LogP contribution in [0.15, 0.2) is 24.5 Å². The standard InChI is InChI=1S/C9H16O/c1-4-9(10)7-5-6-8(2)3/h4,7-8,10H,1,5-6H2,2-3H3. The summed E-state index contributed by atoms with van der Waals surface area (Å²) in [7, 11) is 0. The molecule has 10 heavy (non-hydrogen) atoms. The maximum absolute atomic E-state index is 8.91. The third kappa shape index (κ3) is 5.42. The Morgan fingerprint density at radius 2 is 2.20 bits per heavy atom. The first-order chi connectivity index (χ1) is 4.66. The minimum Gasteiger partial charge on any atom is -0.508 e. The number of aliphatic hydroxyl groups excluding tert-OH is 1. The fourth-order valence-electron chi connectivity index (χ4n) is 0.648. The van der Waals surface area contributed by atoms with E-state index in [1.807, 2.05) is 0 Å². The van der Waals surface area contributed by atoms with Gasteiger partial charge in [0.15, 0.2) is 0 Å². The summed E-state index contributed by atoms with van der Waals surface area (Å²) in [5.74, 6) is 0.995. The van der Waals surface area contributed by atoms with Crippen molar-refractivity contribution >= 4 is 0 Å². The van der Waals surface area contributed by atoms with Gasteiger partial charge in [0.1, 0.15) is 5.76 Å². The molecule has 0 spiro atoms. The molecule has 0 aromatic rings. The smallest absolute Gasteiger partial charge is 0.111 e. The number of hydrogen-bond donors (Lipinski definition) is 1. The van der Waals surface area contributed by atoms with Crippen LogP contribution in [0.4, 0.5) is 0 Å². The van der Waals surface area contributed by atoms with E-state index in [0.29, 0.717) is 11.7 Å². The van der Waals surface area contributed by atoms with E-state index in [9.17, 15) is 0 Å². The molecule has 0 saturated heterocycles. The van der Waals surface area contributed by atoms with Crippen LogP contribution in [-0.2, 0) is 0 Å². The zero-order chi connectivity index (χ0) is 7.98. The van der Waals surface area contributed by atoms with Gasteiger partial charge in [0.2, 0.25) is 0 Å². The molecule has 0 saturated carbocycles. The lowest BCUT2D eigenvalue weighted by atomic mass is 10.1. The number of aliphatic hydroxyl groups is 1. The Kier molecular flexibility index (Phi) is 4.73. The third-order valence-corrected chi connectivity index (χ3v) is 1.31. The van der Waals surface area contributed by atoms with Crippen molar-refractivity contribution in [3.05, 3.63) is 24.5 Å². The van der Waals surface area contributed by atoms with E-state index in [2.05, 4.69) is 20.4 Å². The second-order valence-corrected chi connectivity index (χ2v) is 2.80. The van der Waals surface area contributed by atoms with E-state index in [1.165, 1.54) is 6.08 Å². The Hall–Kier alpha value is -0.720. The van der Waals surface area contributed by atoms with Crippen LogP contribution in [-0.4, -0.2) is 5.11 Å². The van der Waals surface area contributed by atoms with Crippen molar-refractivity contribution in [2.75, 3.05) is 0 Å². The maximum Gasteiger partial charge on any atom is 0.111 e. The molecule has 1 N–H and O–H groups in total. The summed E-state index contributed by atoms with van der Waals surface area (Å²) in [6.45, 7) is 7.77. The van der Waals surface area contributed by atoms with E-state index in [1.54, 1.807) is 6.08 Å². The van der Waals surface area contributed by atoms with Gasteiger partial charge in [-0.15, -0.1) is 0 Å². The van der Waals surface area contributed by atoms with Crippen LogP contribution in [0.25, 0.3) is 0 Å². The molecule has 1 nitrogen and oxygen atoms in total. The number of hydrogen-bond acceptors (Lipinski definition) is 1. The summed E-state index contributed by atoms with van der Waals surface area (Å²) in [6.07, 6.45) is 5.32. The first-order valence-corrected chi connectivity index (χ1v) is 3.68. The molecule has 0 fully saturated rings. The van der Waals surface area contributed by atoms with Crippen molar-refractivity contribution in [3.63, 3.8) is 0 Å². The molecule has 0 aliphatic rings. The van der Waals surface area contributed by atoms with E-state index >= 15 is 0 Å². The van der Waals surface area contributed by atoms with Crippen LogP contribution >= 0.6 is 0 Å². The van der Waals surface area contributed by atoms with Gasteiger partial charge in [-0.25, -0.2) is 0 Å². The van der Waals surface area contributed by atoms with Gasteiger partial charge in [-0.05, 0) is 30.9 Å². The molecule has 0 amide bonds. The molecule has 0 aliphatic heterocycles. The SMILES string of the molecule is C=CC(O)=CCCC(C)C. The molecule has 0 radical (unpaired) electrons. The van der Waals surface area contributed by atoms with E-state index in [0.717, 1.165) is 12.8 Å². The molecule has 0 rings (SSSR count). The lowest BCUT2D eigenvalue weighted by Crippen LogP contribution is -1.84. The van der Waals surface area contributed by atoms with Gasteiger partial charge >= 0.3 is 0 Å². The highest BCUT2D eigenvalue weighted by Crippen LogP contribution is 2.05. The Labute approximate surface area is 63.1 Å². The van der Waals surface area contributed by atoms with Crippen LogP contribution in [0.5, 0.6) is 0 Å². The molecule has 0 aromatic heterocycles. The minimum absolute atomic E-state index is 0.292. The van der Waals surface area contributed by atoms with Crippen molar-refractivity contribution in [1.82, 2.24) is 0 Å². The number of rotatable bonds is 4. The monoisotopic (exact) mass is 140 g/mol. The fourth-order valence-corrected chi connectivity index (χ4v) is 0.648. The summed E-state index contributed by atoms with van der Waals surface area (Å²) in [5.41, 5.74) is 0. The molecule has 58 valence electrons. The van der Waals surface area contributed by atoms with Gasteiger partial charge in [-0.3, -0.25) is 0 Å². The first-order valence-electron chi connectivity index (χ1n) is 3.68. The predicted molar refractivity (Wildman–Crippen MR) is 45.0 cm³/mol. The maximum atomic E-state index is 8.91. The largest absolute Gasteiger partial charge is 0.508 e. The summed E-state index contributed by atoms with van der Waals surface area (Å²) < 4.78 is 0. The number of allylic oxidation sites excluding steroid dienone is 2. The topological polar surface area (TPSA) is 20.2 Å². The molecular formula is C9H16O. The van der Waals surface area contributed by atoms with Crippen molar-refractivity contribution < 1.29 is 5.11 Å². The Morgan fingerprint density at radius 3 is 2.60 bits per heavy atom. The summed E-state index contributed by atoms with van der Waals surface area (Å²) in [4.78, 5) is 0. The average molecular weight is 140 g/mol. The molecule has 0 unspecified atom stereocenters. The highest BCUT2D eigenvalue weighted by Gasteiger charge is 1.90. The predicted octanol–water partition coefficient (Wildman–Crippen LogP) is 3.05. The van der Waals surface area contributed by atoms with Crippen molar-refractivity contribution in [2.24, 2.45) is 5.92 Å². The van der Waals surface area contributed by atoms with E-state index in [4.69, 9.17) is 5.11 Å². The molecule has 0 aromatic carbocycles. The molecule has 0 bridgehead atoms. The molecular weight excluding hydrogens is 124 g/mol. The summed E-state index contributed by atoms with van der Waals surface area (Å²) in [5, 5.41) is 8.91. The Morgan fingerprint density at radius 1 is 1.60 bits per heavy atom. The van der Waals surface area contributed by atoms with Crippen LogP contribution in [0.3, 0.4) is 0 Å². The van der Waals surface area contributed by atoms with Gasteiger partial charge in [0.05, 0.1) is 0 Å². The second-order valence-electron chi connectivity index (χ2n) is 2.80. The van der Waals surface area contributed by atoms with Crippen LogP contribution < -0.4 is 0 Å². The van der Waals surface area contributed by atoms with Gasteiger partial charge in [0, 0.05) is 0 Å². The van der Waals surface area contributed by atoms with Gasteiger partial charge < -0.3 is 5.11 Å². The highest BCUT2D eigenvalue weighted by molar-refractivity contribution is 5.05. The van der Waals surface area contributed by atoms with E-state index < -0.39 is 0 Å². The molecule has 0 heterocycles. The normalized spacial score (nSPS) is 12.1. The van der Waals surface area contributed by atoms with Gasteiger partial charge in [-0.2, -0.15) is 0 Å². The quantitative estimate of drug-likeness (QED) is 0.470. The first kappa shape index (κ1) is 9.28. The average Bonchev–Trinajstić information content (AvgIpc) is 1.87. The Bertz CT molecular complexity index is 123. The fraction of sp³-hybridized carbons (Fsp3) is 0.556. The summed E-state index contributed by atoms with van der Waals surface area (Å²) >= 11 is 0. The third-order valence-electron chi connectivity index (χ3n) is 1.31. The van der Waals surface area contributed by atoms with E-state index in [-0.39, 0.29) is 0 Å². The Balaban J connectivity index is 3.43. The zero-order valence-corrected chi connectivity index (χ0v) is 6.80. The van der Waals surface area contributed by atoms with Crippen molar-refractivity contribution in [1.29, 1.82) is 0 Å². The van der Waals surface area contributed by atoms with Crippen LogP contribution in [0.1, 0.15) is 26.7 Å². The highest BCUT2D eigenvalue weighted by atomic mass is 16.3. The molecule has 1 heteroatoms. The lowest BCUT2D eigenvalue weighted by Gasteiger charge is -1.98. The van der Waals surface area contributed by atoms with Crippen LogP contribution in [0.2, 0.25) is 0 Å². The second kappa shape index (κ2) is 5.10. The molecule has 0 atom stereocenters. The van der Waals surface area contributed by atoms with Crippen LogP contribution in [0, 0.1) is 5.92 Å². The zero-order valence-electron chi connectivity index (χ0n) is 6.80. The summed E-state index contributed by atoms with van der Waals surface area (Å²) in [6, 6.07) is 0. The molecule has 0 aliphatic carbocycles. The van der Waals surface area contributed by atoms with Crippen molar-refractivity contribution in [3.8, 4) is 0 Å². The van der Waals surface area contributed by atoms with Gasteiger partial charge in [0.25, 0.3) is 0 Å². The minimum atomic E-state index is 0.292. The lowest BCUT2D eigenvalue weighted by molar-refractivity contribution is 0.428. The van der Waals surface area contributed by atoms with Gasteiger partial charge in [-0.1, -0.05) is 20.4 Å². The van der Waals surface area contributed by atoms with Crippen molar-refractivity contribution in [2.45, 2.75) is 26.7 Å².